The highest BCUT2D eigenvalue weighted by Crippen LogP contribution is 2.18. The number of hydrogen-bond acceptors (Lipinski definition) is 5. The van der Waals surface area contributed by atoms with Crippen molar-refractivity contribution in [3.8, 4) is 6.01 Å². The minimum absolute atomic E-state index is 0.289. The predicted molar refractivity (Wildman–Crippen MR) is 98.2 cm³/mol. The molecule has 25 heavy (non-hydrogen) atoms. The Morgan fingerprint density at radius 1 is 1.28 bits per heavy atom. The van der Waals surface area contributed by atoms with Crippen molar-refractivity contribution in [1.82, 2.24) is 14.8 Å². The summed E-state index contributed by atoms with van der Waals surface area (Å²) in [4.78, 5) is 12.2. The molecule has 0 aliphatic rings. The van der Waals surface area contributed by atoms with Crippen LogP contribution < -0.4 is 4.74 Å². The largest absolute Gasteiger partial charge is 0.460 e. The summed E-state index contributed by atoms with van der Waals surface area (Å²) in [6.45, 7) is 14.2. The molecule has 0 radical (unpaired) electrons. The molecule has 0 saturated heterocycles. The third-order valence-electron chi connectivity index (χ3n) is 3.29. The zero-order chi connectivity index (χ0) is 19.0. The number of ether oxygens (including phenoxy) is 2. The predicted octanol–water partition coefficient (Wildman–Crippen LogP) is 4.07. The van der Waals surface area contributed by atoms with Crippen LogP contribution in [0.25, 0.3) is 0 Å². The second-order valence-electron chi connectivity index (χ2n) is 6.90. The molecule has 0 aliphatic heterocycles. The standard InChI is InChI=1S/C19H31N3O3/c1-8-11-15(13-14(4)17(23)25-19(5,6)7)24-18-21-20-16(10-3)22(18)12-9-2/h8,11,13-14H,9-10,12H2,1-7H3/b11-8-,15-13+. The molecule has 1 atom stereocenters. The van der Waals surface area contributed by atoms with Crippen LogP contribution in [0.2, 0.25) is 0 Å². The van der Waals surface area contributed by atoms with Crippen molar-refractivity contribution in [1.29, 1.82) is 0 Å². The average molecular weight is 349 g/mol. The summed E-state index contributed by atoms with van der Waals surface area (Å²) in [6, 6.07) is 0.444. The second-order valence-corrected chi connectivity index (χ2v) is 6.90. The summed E-state index contributed by atoms with van der Waals surface area (Å²) in [6.07, 6.45) is 7.14. The van der Waals surface area contributed by atoms with Gasteiger partial charge in [-0.3, -0.25) is 9.36 Å². The topological polar surface area (TPSA) is 66.2 Å². The molecule has 1 aromatic rings. The van der Waals surface area contributed by atoms with Crippen LogP contribution in [0.5, 0.6) is 6.01 Å². The van der Waals surface area contributed by atoms with E-state index in [1.165, 1.54) is 0 Å². The van der Waals surface area contributed by atoms with E-state index in [0.29, 0.717) is 11.8 Å². The number of aromatic nitrogens is 3. The maximum atomic E-state index is 12.2. The van der Waals surface area contributed by atoms with E-state index in [1.54, 1.807) is 19.1 Å². The van der Waals surface area contributed by atoms with Gasteiger partial charge in [-0.25, -0.2) is 0 Å². The SMILES string of the molecule is C/C=C\C(=C/C(C)C(=O)OC(C)(C)C)Oc1nnc(CC)n1CCC. The van der Waals surface area contributed by atoms with Gasteiger partial charge >= 0.3 is 12.0 Å². The molecule has 1 aromatic heterocycles. The van der Waals surface area contributed by atoms with Crippen LogP contribution >= 0.6 is 0 Å². The number of rotatable bonds is 8. The normalized spacial score (nSPS) is 14.0. The molecular formula is C19H31N3O3. The highest BCUT2D eigenvalue weighted by Gasteiger charge is 2.21. The van der Waals surface area contributed by atoms with Crippen LogP contribution in [0.3, 0.4) is 0 Å². The Kier molecular flexibility index (Phi) is 7.87. The van der Waals surface area contributed by atoms with E-state index in [1.807, 2.05) is 45.3 Å². The van der Waals surface area contributed by atoms with Crippen LogP contribution in [0.1, 0.15) is 60.7 Å². The van der Waals surface area contributed by atoms with Gasteiger partial charge in [0, 0.05) is 13.0 Å². The van der Waals surface area contributed by atoms with E-state index in [0.717, 1.165) is 25.2 Å². The Morgan fingerprint density at radius 3 is 2.48 bits per heavy atom. The van der Waals surface area contributed by atoms with Crippen molar-refractivity contribution >= 4 is 5.97 Å². The van der Waals surface area contributed by atoms with Crippen molar-refractivity contribution in [2.45, 2.75) is 73.5 Å². The molecule has 0 bridgehead atoms. The fourth-order valence-corrected chi connectivity index (χ4v) is 2.21. The molecule has 0 aromatic carbocycles. The summed E-state index contributed by atoms with van der Waals surface area (Å²) >= 11 is 0. The van der Waals surface area contributed by atoms with Crippen molar-refractivity contribution < 1.29 is 14.3 Å². The van der Waals surface area contributed by atoms with Crippen LogP contribution in [-0.4, -0.2) is 26.3 Å². The molecule has 0 spiro atoms. The van der Waals surface area contributed by atoms with Gasteiger partial charge in [0.25, 0.3) is 0 Å². The first kappa shape index (κ1) is 20.9. The third kappa shape index (κ3) is 6.72. The summed E-state index contributed by atoms with van der Waals surface area (Å²) in [5.74, 6) is 0.714. The van der Waals surface area contributed by atoms with Crippen LogP contribution in [-0.2, 0) is 22.5 Å². The molecule has 0 aliphatic carbocycles. The summed E-state index contributed by atoms with van der Waals surface area (Å²) < 4.78 is 13.3. The van der Waals surface area contributed by atoms with Crippen molar-refractivity contribution in [3.05, 3.63) is 29.8 Å². The summed E-state index contributed by atoms with van der Waals surface area (Å²) in [5.41, 5.74) is -0.516. The van der Waals surface area contributed by atoms with Gasteiger partial charge in [0.05, 0.1) is 5.92 Å². The molecule has 0 N–H and O–H groups in total. The third-order valence-corrected chi connectivity index (χ3v) is 3.29. The fourth-order valence-electron chi connectivity index (χ4n) is 2.21. The van der Waals surface area contributed by atoms with E-state index < -0.39 is 11.5 Å². The van der Waals surface area contributed by atoms with E-state index >= 15 is 0 Å². The lowest BCUT2D eigenvalue weighted by Crippen LogP contribution is -2.27. The molecule has 1 unspecified atom stereocenters. The van der Waals surface area contributed by atoms with Gasteiger partial charge in [-0.15, -0.1) is 5.10 Å². The molecule has 1 heterocycles. The Hall–Kier alpha value is -2.11. The molecule has 0 fully saturated rings. The maximum absolute atomic E-state index is 12.2. The lowest BCUT2D eigenvalue weighted by atomic mass is 10.1. The van der Waals surface area contributed by atoms with Crippen molar-refractivity contribution in [2.24, 2.45) is 5.92 Å². The minimum Gasteiger partial charge on any atom is -0.460 e. The molecule has 6 nitrogen and oxygen atoms in total. The van der Waals surface area contributed by atoms with Gasteiger partial charge in [-0.2, -0.15) is 0 Å². The molecule has 1 rings (SSSR count). The average Bonchev–Trinajstić information content (AvgIpc) is 2.88. The Labute approximate surface area is 150 Å². The van der Waals surface area contributed by atoms with Gasteiger partial charge in [0.2, 0.25) is 0 Å². The van der Waals surface area contributed by atoms with Gasteiger partial charge in [-0.05, 0) is 53.2 Å². The maximum Gasteiger partial charge on any atom is 0.322 e. The lowest BCUT2D eigenvalue weighted by molar-refractivity contribution is -0.157. The van der Waals surface area contributed by atoms with E-state index in [-0.39, 0.29) is 5.97 Å². The van der Waals surface area contributed by atoms with Gasteiger partial charge in [-0.1, -0.05) is 25.0 Å². The summed E-state index contributed by atoms with van der Waals surface area (Å²) in [7, 11) is 0. The number of aryl methyl sites for hydroxylation is 1. The van der Waals surface area contributed by atoms with Crippen molar-refractivity contribution in [2.75, 3.05) is 0 Å². The van der Waals surface area contributed by atoms with E-state index in [9.17, 15) is 4.79 Å². The molecule has 0 amide bonds. The summed E-state index contributed by atoms with van der Waals surface area (Å²) in [5, 5.41) is 8.31. The minimum atomic E-state index is -0.516. The highest BCUT2D eigenvalue weighted by molar-refractivity contribution is 5.74. The molecular weight excluding hydrogens is 318 g/mol. The van der Waals surface area contributed by atoms with E-state index in [2.05, 4.69) is 17.1 Å². The zero-order valence-electron chi connectivity index (χ0n) is 16.5. The quantitative estimate of drug-likeness (QED) is 0.402. The molecule has 0 saturated carbocycles. The zero-order valence-corrected chi connectivity index (χ0v) is 16.5. The first-order valence-electron chi connectivity index (χ1n) is 8.89. The number of esters is 1. The van der Waals surface area contributed by atoms with Crippen LogP contribution in [0.4, 0.5) is 0 Å². The van der Waals surface area contributed by atoms with Gasteiger partial charge in [0.15, 0.2) is 0 Å². The van der Waals surface area contributed by atoms with E-state index in [4.69, 9.17) is 9.47 Å². The second kappa shape index (κ2) is 9.39. The molecule has 140 valence electrons. The first-order chi connectivity index (χ1) is 11.7. The first-order valence-corrected chi connectivity index (χ1v) is 8.89. The highest BCUT2D eigenvalue weighted by atomic mass is 16.6. The lowest BCUT2D eigenvalue weighted by Gasteiger charge is -2.21. The fraction of sp³-hybridized carbons (Fsp3) is 0.632. The molecule has 6 heteroatoms. The number of hydrogen-bond donors (Lipinski definition) is 0. The van der Waals surface area contributed by atoms with Gasteiger partial charge < -0.3 is 9.47 Å². The van der Waals surface area contributed by atoms with Crippen LogP contribution in [0.15, 0.2) is 24.0 Å². The monoisotopic (exact) mass is 349 g/mol. The number of nitrogens with zero attached hydrogens (tertiary/aromatic N) is 3. The Balaban J connectivity index is 3.01. The number of carbonyl (C=O) groups is 1. The number of allylic oxidation sites excluding steroid dienone is 2. The Morgan fingerprint density at radius 2 is 1.96 bits per heavy atom. The number of carbonyl (C=O) groups excluding carboxylic acids is 1. The van der Waals surface area contributed by atoms with Gasteiger partial charge in [0.1, 0.15) is 17.2 Å². The van der Waals surface area contributed by atoms with Crippen molar-refractivity contribution in [3.63, 3.8) is 0 Å². The Bertz CT molecular complexity index is 624. The smallest absolute Gasteiger partial charge is 0.322 e. The van der Waals surface area contributed by atoms with Crippen LogP contribution in [0, 0.1) is 5.92 Å².